The van der Waals surface area contributed by atoms with Crippen molar-refractivity contribution < 1.29 is 9.59 Å². The number of carbonyl (C=O) groups is 2. The second-order valence-electron chi connectivity index (χ2n) is 8.44. The van der Waals surface area contributed by atoms with Crippen molar-refractivity contribution in [3.05, 3.63) is 64.7 Å². The topological polar surface area (TPSA) is 61.4 Å². The summed E-state index contributed by atoms with van der Waals surface area (Å²) >= 11 is 6.13. The minimum absolute atomic E-state index is 0.0674. The summed E-state index contributed by atoms with van der Waals surface area (Å²) in [4.78, 5) is 27.4. The molecule has 0 spiro atoms. The molecule has 2 amide bonds. The number of piperidine rings is 1. The lowest BCUT2D eigenvalue weighted by Crippen LogP contribution is -2.46. The molecule has 0 aromatic heterocycles. The molecule has 0 aliphatic carbocycles. The first-order chi connectivity index (χ1) is 13.7. The summed E-state index contributed by atoms with van der Waals surface area (Å²) in [5.41, 5.74) is 1.83. The third-order valence-electron chi connectivity index (χ3n) is 4.93. The highest BCUT2D eigenvalue weighted by atomic mass is 35.5. The molecule has 2 aromatic rings. The number of hydrogen-bond donors (Lipinski definition) is 2. The van der Waals surface area contributed by atoms with E-state index in [9.17, 15) is 9.59 Å². The molecule has 0 saturated carbocycles. The zero-order valence-corrected chi connectivity index (χ0v) is 17.9. The lowest BCUT2D eigenvalue weighted by atomic mass is 10.0. The number of para-hydroxylation sites is 1. The van der Waals surface area contributed by atoms with Gasteiger partial charge in [0.15, 0.2) is 0 Å². The van der Waals surface area contributed by atoms with Gasteiger partial charge >= 0.3 is 0 Å². The Hall–Kier alpha value is -2.53. The van der Waals surface area contributed by atoms with Gasteiger partial charge in [0.25, 0.3) is 11.8 Å². The monoisotopic (exact) mass is 413 g/mol. The van der Waals surface area contributed by atoms with E-state index < -0.39 is 0 Å². The minimum atomic E-state index is -0.291. The Morgan fingerprint density at radius 3 is 2.14 bits per heavy atom. The number of anilines is 1. The summed E-state index contributed by atoms with van der Waals surface area (Å²) in [7, 11) is 0. The van der Waals surface area contributed by atoms with Gasteiger partial charge < -0.3 is 15.5 Å². The van der Waals surface area contributed by atoms with Gasteiger partial charge in [0.05, 0.1) is 16.1 Å². The molecule has 0 radical (unpaired) electrons. The largest absolute Gasteiger partial charge is 0.371 e. The predicted molar refractivity (Wildman–Crippen MR) is 118 cm³/mol. The second kappa shape index (κ2) is 8.87. The summed E-state index contributed by atoms with van der Waals surface area (Å²) in [5, 5.41) is 6.58. The maximum Gasteiger partial charge on any atom is 0.253 e. The van der Waals surface area contributed by atoms with E-state index in [1.807, 2.05) is 57.2 Å². The Labute approximate surface area is 177 Å². The van der Waals surface area contributed by atoms with Gasteiger partial charge in [0.1, 0.15) is 0 Å². The molecule has 0 unspecified atom stereocenters. The summed E-state index contributed by atoms with van der Waals surface area (Å²) in [6.07, 6.45) is 1.62. The zero-order chi connectivity index (χ0) is 21.0. The van der Waals surface area contributed by atoms with E-state index in [1.54, 1.807) is 12.1 Å². The van der Waals surface area contributed by atoms with Gasteiger partial charge in [-0.15, -0.1) is 0 Å². The Morgan fingerprint density at radius 1 is 0.931 bits per heavy atom. The third kappa shape index (κ3) is 5.51. The van der Waals surface area contributed by atoms with Gasteiger partial charge in [-0.1, -0.05) is 35.9 Å². The van der Waals surface area contributed by atoms with Crippen molar-refractivity contribution in [2.24, 2.45) is 0 Å². The summed E-state index contributed by atoms with van der Waals surface area (Å²) in [5.74, 6) is -0.207. The molecule has 5 nitrogen and oxygen atoms in total. The molecular weight excluding hydrogens is 386 g/mol. The maximum atomic E-state index is 12.7. The molecule has 1 fully saturated rings. The van der Waals surface area contributed by atoms with Gasteiger partial charge in [0.2, 0.25) is 0 Å². The molecule has 1 saturated heterocycles. The number of carbonyl (C=O) groups excluding carboxylic acids is 2. The van der Waals surface area contributed by atoms with Crippen molar-refractivity contribution in [3.63, 3.8) is 0 Å². The molecule has 0 atom stereocenters. The molecule has 0 bridgehead atoms. The number of benzene rings is 2. The van der Waals surface area contributed by atoms with Crippen molar-refractivity contribution >= 4 is 29.1 Å². The highest BCUT2D eigenvalue weighted by Gasteiger charge is 2.25. The number of nitrogens with zero attached hydrogens (tertiary/aromatic N) is 1. The van der Waals surface area contributed by atoms with E-state index in [0.29, 0.717) is 16.1 Å². The average Bonchev–Trinajstić information content (AvgIpc) is 2.67. The summed E-state index contributed by atoms with van der Waals surface area (Å²) in [6.45, 7) is 7.46. The second-order valence-corrected chi connectivity index (χ2v) is 8.84. The van der Waals surface area contributed by atoms with Crippen molar-refractivity contribution in [1.29, 1.82) is 0 Å². The molecular formula is C23H28ClN3O2. The van der Waals surface area contributed by atoms with E-state index in [1.165, 1.54) is 0 Å². The Bertz CT molecular complexity index is 884. The fraction of sp³-hybridized carbons (Fsp3) is 0.391. The molecule has 154 valence electrons. The SMILES string of the molecule is CC(C)(C)NC(=O)c1ccccc1N1CCC(NC(=O)c2ccccc2Cl)CC1. The number of amides is 2. The standard InChI is InChI=1S/C23H28ClN3O2/c1-23(2,3)26-22(29)18-9-5-7-11-20(18)27-14-12-16(13-15-27)25-21(28)17-8-4-6-10-19(17)24/h4-11,16H,12-15H2,1-3H3,(H,25,28)(H,26,29). The van der Waals surface area contributed by atoms with Crippen LogP contribution < -0.4 is 15.5 Å². The molecule has 1 heterocycles. The number of nitrogens with one attached hydrogen (secondary N) is 2. The van der Waals surface area contributed by atoms with Gasteiger partial charge in [-0.3, -0.25) is 9.59 Å². The summed E-state index contributed by atoms with van der Waals surface area (Å²) in [6, 6.07) is 14.8. The minimum Gasteiger partial charge on any atom is -0.371 e. The predicted octanol–water partition coefficient (Wildman–Crippen LogP) is 4.27. The van der Waals surface area contributed by atoms with Crippen LogP contribution in [0, 0.1) is 0 Å². The Kier molecular flexibility index (Phi) is 6.48. The van der Waals surface area contributed by atoms with Gasteiger partial charge in [0, 0.05) is 30.4 Å². The quantitative estimate of drug-likeness (QED) is 0.786. The van der Waals surface area contributed by atoms with E-state index >= 15 is 0 Å². The van der Waals surface area contributed by atoms with Crippen LogP contribution in [-0.4, -0.2) is 36.5 Å². The van der Waals surface area contributed by atoms with Gasteiger partial charge in [-0.05, 0) is 57.9 Å². The molecule has 2 aromatic carbocycles. The van der Waals surface area contributed by atoms with E-state index in [0.717, 1.165) is 31.6 Å². The molecule has 1 aliphatic rings. The van der Waals surface area contributed by atoms with Crippen LogP contribution in [0.1, 0.15) is 54.3 Å². The average molecular weight is 414 g/mol. The first-order valence-electron chi connectivity index (χ1n) is 9.96. The normalized spacial score (nSPS) is 15.1. The highest BCUT2D eigenvalue weighted by Crippen LogP contribution is 2.25. The summed E-state index contributed by atoms with van der Waals surface area (Å²) < 4.78 is 0. The van der Waals surface area contributed by atoms with Crippen molar-refractivity contribution in [1.82, 2.24) is 10.6 Å². The van der Waals surface area contributed by atoms with Gasteiger partial charge in [-0.2, -0.15) is 0 Å². The smallest absolute Gasteiger partial charge is 0.253 e. The maximum absolute atomic E-state index is 12.7. The zero-order valence-electron chi connectivity index (χ0n) is 17.2. The Morgan fingerprint density at radius 2 is 1.52 bits per heavy atom. The van der Waals surface area contributed by atoms with E-state index in [-0.39, 0.29) is 23.4 Å². The van der Waals surface area contributed by atoms with Crippen LogP contribution in [0.25, 0.3) is 0 Å². The molecule has 6 heteroatoms. The van der Waals surface area contributed by atoms with Crippen LogP contribution in [-0.2, 0) is 0 Å². The fourth-order valence-electron chi connectivity index (χ4n) is 3.52. The van der Waals surface area contributed by atoms with Crippen LogP contribution in [0.3, 0.4) is 0 Å². The van der Waals surface area contributed by atoms with E-state index in [2.05, 4.69) is 15.5 Å². The van der Waals surface area contributed by atoms with Crippen LogP contribution in [0.4, 0.5) is 5.69 Å². The van der Waals surface area contributed by atoms with Crippen molar-refractivity contribution in [2.45, 2.75) is 45.2 Å². The fourth-order valence-corrected chi connectivity index (χ4v) is 3.74. The lowest BCUT2D eigenvalue weighted by Gasteiger charge is -2.35. The van der Waals surface area contributed by atoms with E-state index in [4.69, 9.17) is 11.6 Å². The highest BCUT2D eigenvalue weighted by molar-refractivity contribution is 6.33. The molecule has 2 N–H and O–H groups in total. The number of hydrogen-bond acceptors (Lipinski definition) is 3. The molecule has 29 heavy (non-hydrogen) atoms. The third-order valence-corrected chi connectivity index (χ3v) is 5.26. The first kappa shape index (κ1) is 21.2. The number of halogens is 1. The van der Waals surface area contributed by atoms with Gasteiger partial charge in [-0.25, -0.2) is 0 Å². The Balaban J connectivity index is 1.63. The van der Waals surface area contributed by atoms with Crippen LogP contribution >= 0.6 is 11.6 Å². The molecule has 3 rings (SSSR count). The lowest BCUT2D eigenvalue weighted by molar-refractivity contribution is 0.0917. The van der Waals surface area contributed by atoms with Crippen molar-refractivity contribution in [2.75, 3.05) is 18.0 Å². The van der Waals surface area contributed by atoms with Crippen LogP contribution in [0.15, 0.2) is 48.5 Å². The molecule has 1 aliphatic heterocycles. The van der Waals surface area contributed by atoms with Crippen molar-refractivity contribution in [3.8, 4) is 0 Å². The number of rotatable bonds is 4. The van der Waals surface area contributed by atoms with Crippen LogP contribution in [0.2, 0.25) is 5.02 Å². The first-order valence-corrected chi connectivity index (χ1v) is 10.3. The van der Waals surface area contributed by atoms with Crippen LogP contribution in [0.5, 0.6) is 0 Å².